The van der Waals surface area contributed by atoms with Gasteiger partial charge in [0.05, 0.1) is 0 Å². The van der Waals surface area contributed by atoms with Gasteiger partial charge in [0.25, 0.3) is 0 Å². The summed E-state index contributed by atoms with van der Waals surface area (Å²) in [5, 5.41) is 5.62. The zero-order valence-corrected chi connectivity index (χ0v) is 24.6. The number of aryl methyl sites for hydroxylation is 2. The van der Waals surface area contributed by atoms with Crippen molar-refractivity contribution in [3.05, 3.63) is 70.8 Å². The van der Waals surface area contributed by atoms with Gasteiger partial charge >= 0.3 is 6.09 Å². The molecule has 0 aliphatic carbocycles. The van der Waals surface area contributed by atoms with Gasteiger partial charge in [-0.3, -0.25) is 9.59 Å². The summed E-state index contributed by atoms with van der Waals surface area (Å²) >= 11 is 0. The molecule has 2 aromatic carbocycles. The first-order chi connectivity index (χ1) is 18.5. The molecule has 3 amide bonds. The number of carbonyl (C=O) groups excluding carboxylic acids is 3. The Morgan fingerprint density at radius 3 is 2.10 bits per heavy atom. The minimum Gasteiger partial charge on any atom is -0.444 e. The number of nitrogens with one attached hydrogen (secondary N) is 2. The number of ether oxygens (including phenoxy) is 1. The van der Waals surface area contributed by atoms with Crippen molar-refractivity contribution in [1.82, 2.24) is 15.5 Å². The first-order valence-electron chi connectivity index (χ1n) is 14.2. The van der Waals surface area contributed by atoms with Gasteiger partial charge in [0.15, 0.2) is 0 Å². The quantitative estimate of drug-likeness (QED) is 0.274. The average Bonchev–Trinajstić information content (AvgIpc) is 2.86. The fraction of sp³-hybridized carbons (Fsp3) is 0.531. The molecular formula is C32H47N3O4. The summed E-state index contributed by atoms with van der Waals surface area (Å²) in [6.45, 7) is 12.0. The molecule has 0 aromatic heterocycles. The summed E-state index contributed by atoms with van der Waals surface area (Å²) in [6, 6.07) is 14.8. The van der Waals surface area contributed by atoms with E-state index < -0.39 is 17.7 Å². The Balaban J connectivity index is 2.31. The van der Waals surface area contributed by atoms with Crippen LogP contribution in [0.4, 0.5) is 4.79 Å². The van der Waals surface area contributed by atoms with Crippen molar-refractivity contribution >= 4 is 17.9 Å². The van der Waals surface area contributed by atoms with Crippen LogP contribution < -0.4 is 10.6 Å². The van der Waals surface area contributed by atoms with Crippen molar-refractivity contribution in [2.75, 3.05) is 13.1 Å². The molecule has 7 nitrogen and oxygen atoms in total. The smallest absolute Gasteiger partial charge is 0.408 e. The predicted molar refractivity (Wildman–Crippen MR) is 156 cm³/mol. The second kappa shape index (κ2) is 15.9. The van der Waals surface area contributed by atoms with Crippen LogP contribution in [0.2, 0.25) is 0 Å². The summed E-state index contributed by atoms with van der Waals surface area (Å²) in [5.74, 6) is -0.575. The molecule has 39 heavy (non-hydrogen) atoms. The first kappa shape index (κ1) is 31.9. The minimum atomic E-state index is -0.823. The molecule has 2 N–H and O–H groups in total. The van der Waals surface area contributed by atoms with E-state index in [0.29, 0.717) is 13.1 Å². The van der Waals surface area contributed by atoms with E-state index in [1.165, 1.54) is 6.42 Å². The van der Waals surface area contributed by atoms with Crippen molar-refractivity contribution in [2.45, 2.75) is 98.3 Å². The molecule has 0 saturated carbocycles. The lowest BCUT2D eigenvalue weighted by Crippen LogP contribution is -2.48. The third kappa shape index (κ3) is 11.9. The number of amides is 3. The summed E-state index contributed by atoms with van der Waals surface area (Å²) in [4.78, 5) is 41.3. The highest BCUT2D eigenvalue weighted by Crippen LogP contribution is 2.25. The maximum atomic E-state index is 13.8. The van der Waals surface area contributed by atoms with Gasteiger partial charge in [-0.2, -0.15) is 0 Å². The molecule has 2 rings (SSSR count). The van der Waals surface area contributed by atoms with E-state index in [9.17, 15) is 14.4 Å². The van der Waals surface area contributed by atoms with Crippen LogP contribution in [0.3, 0.4) is 0 Å². The Bertz CT molecular complexity index is 1040. The molecule has 0 aliphatic heterocycles. The van der Waals surface area contributed by atoms with Crippen LogP contribution in [0.15, 0.2) is 48.5 Å². The molecule has 0 spiro atoms. The van der Waals surface area contributed by atoms with Crippen molar-refractivity contribution in [3.8, 4) is 0 Å². The fourth-order valence-electron chi connectivity index (χ4n) is 4.55. The number of hydrogen-bond acceptors (Lipinski definition) is 4. The number of nitrogens with zero attached hydrogens (tertiary/aromatic N) is 1. The van der Waals surface area contributed by atoms with Crippen LogP contribution in [0.5, 0.6) is 0 Å². The van der Waals surface area contributed by atoms with E-state index in [-0.39, 0.29) is 18.4 Å². The molecule has 2 aromatic rings. The van der Waals surface area contributed by atoms with Crippen LogP contribution in [0.1, 0.15) is 94.5 Å². The topological polar surface area (TPSA) is 87.7 Å². The number of benzene rings is 2. The lowest BCUT2D eigenvalue weighted by Gasteiger charge is -2.32. The van der Waals surface area contributed by atoms with Gasteiger partial charge in [-0.1, -0.05) is 98.7 Å². The highest BCUT2D eigenvalue weighted by atomic mass is 16.6. The second-order valence-electron chi connectivity index (χ2n) is 11.2. The van der Waals surface area contributed by atoms with E-state index in [0.717, 1.165) is 54.4 Å². The van der Waals surface area contributed by atoms with Gasteiger partial charge in [-0.15, -0.1) is 0 Å². The monoisotopic (exact) mass is 537 g/mol. The molecule has 0 aliphatic rings. The van der Waals surface area contributed by atoms with Gasteiger partial charge in [0.2, 0.25) is 11.8 Å². The molecule has 1 unspecified atom stereocenters. The lowest BCUT2D eigenvalue weighted by atomic mass is 9.98. The Hall–Kier alpha value is -3.35. The minimum absolute atomic E-state index is 0.250. The van der Waals surface area contributed by atoms with Gasteiger partial charge in [-0.25, -0.2) is 4.79 Å². The molecule has 1 atom stereocenters. The molecule has 214 valence electrons. The van der Waals surface area contributed by atoms with Gasteiger partial charge in [-0.05, 0) is 52.2 Å². The van der Waals surface area contributed by atoms with Crippen LogP contribution >= 0.6 is 0 Å². The van der Waals surface area contributed by atoms with E-state index in [4.69, 9.17) is 4.74 Å². The number of rotatable bonds is 14. The molecule has 0 bridgehead atoms. The Labute approximate surface area is 234 Å². The maximum absolute atomic E-state index is 13.8. The Morgan fingerprint density at radius 1 is 0.872 bits per heavy atom. The average molecular weight is 538 g/mol. The van der Waals surface area contributed by atoms with Crippen LogP contribution in [-0.4, -0.2) is 41.5 Å². The standard InChI is InChI=1S/C32H47N3O4/c1-7-8-9-10-11-15-18-35(28(36)23-34-31(38)39-32(4,5)6)29(27-20-24(2)19-25(3)21-27)30(37)33-22-26-16-13-12-14-17-26/h12-14,16-17,19-21,29H,7-11,15,18,22-23H2,1-6H3,(H,33,37)(H,34,38). The molecule has 0 saturated heterocycles. The maximum Gasteiger partial charge on any atom is 0.408 e. The SMILES string of the molecule is CCCCCCCCN(C(=O)CNC(=O)OC(C)(C)C)C(C(=O)NCc1ccccc1)c1cc(C)cc(C)c1. The van der Waals surface area contributed by atoms with Crippen LogP contribution in [0.25, 0.3) is 0 Å². The number of alkyl carbamates (subject to hydrolysis) is 1. The summed E-state index contributed by atoms with van der Waals surface area (Å²) in [6.07, 6.45) is 5.67. The number of hydrogen-bond donors (Lipinski definition) is 2. The zero-order valence-electron chi connectivity index (χ0n) is 24.6. The van der Waals surface area contributed by atoms with Gasteiger partial charge in [0, 0.05) is 13.1 Å². The lowest BCUT2D eigenvalue weighted by molar-refractivity contribution is -0.140. The van der Waals surface area contributed by atoms with Crippen LogP contribution in [0, 0.1) is 13.8 Å². The summed E-state index contributed by atoms with van der Waals surface area (Å²) in [7, 11) is 0. The van der Waals surface area contributed by atoms with Crippen molar-refractivity contribution in [3.63, 3.8) is 0 Å². The van der Waals surface area contributed by atoms with E-state index in [2.05, 4.69) is 17.6 Å². The number of unbranched alkanes of at least 4 members (excludes halogenated alkanes) is 5. The highest BCUT2D eigenvalue weighted by molar-refractivity contribution is 5.90. The molecule has 0 fully saturated rings. The van der Waals surface area contributed by atoms with Crippen molar-refractivity contribution in [2.24, 2.45) is 0 Å². The summed E-state index contributed by atoms with van der Waals surface area (Å²) in [5.41, 5.74) is 3.10. The largest absolute Gasteiger partial charge is 0.444 e. The zero-order chi connectivity index (χ0) is 28.8. The molecule has 0 radical (unpaired) electrons. The molecular weight excluding hydrogens is 490 g/mol. The number of carbonyl (C=O) groups is 3. The van der Waals surface area contributed by atoms with E-state index >= 15 is 0 Å². The van der Waals surface area contributed by atoms with Crippen LogP contribution in [-0.2, 0) is 20.9 Å². The fourth-order valence-corrected chi connectivity index (χ4v) is 4.55. The van der Waals surface area contributed by atoms with Crippen molar-refractivity contribution < 1.29 is 19.1 Å². The first-order valence-corrected chi connectivity index (χ1v) is 14.2. The van der Waals surface area contributed by atoms with Crippen molar-refractivity contribution in [1.29, 1.82) is 0 Å². The third-order valence-corrected chi connectivity index (χ3v) is 6.29. The highest BCUT2D eigenvalue weighted by Gasteiger charge is 2.32. The third-order valence-electron chi connectivity index (χ3n) is 6.29. The van der Waals surface area contributed by atoms with Gasteiger partial charge < -0.3 is 20.3 Å². The Morgan fingerprint density at radius 2 is 1.49 bits per heavy atom. The Kier molecular flexibility index (Phi) is 13.0. The normalized spacial score (nSPS) is 11.9. The van der Waals surface area contributed by atoms with Gasteiger partial charge in [0.1, 0.15) is 18.2 Å². The van der Waals surface area contributed by atoms with E-state index in [1.54, 1.807) is 25.7 Å². The van der Waals surface area contributed by atoms with E-state index in [1.807, 2.05) is 62.4 Å². The summed E-state index contributed by atoms with van der Waals surface area (Å²) < 4.78 is 5.32. The molecule has 0 heterocycles. The second-order valence-corrected chi connectivity index (χ2v) is 11.2. The molecule has 7 heteroatoms. The predicted octanol–water partition coefficient (Wildman–Crippen LogP) is 6.37.